The lowest BCUT2D eigenvalue weighted by atomic mass is 10.1. The second kappa shape index (κ2) is 9.44. The Morgan fingerprint density at radius 3 is 2.50 bits per heavy atom. The molecular formula is C14H26N2. The second-order valence-corrected chi connectivity index (χ2v) is 4.47. The third-order valence-corrected chi connectivity index (χ3v) is 2.92. The Balaban J connectivity index is 1.83. The van der Waals surface area contributed by atoms with E-state index in [4.69, 9.17) is 0 Å². The van der Waals surface area contributed by atoms with E-state index in [2.05, 4.69) is 29.4 Å². The van der Waals surface area contributed by atoms with Crippen LogP contribution in [0.1, 0.15) is 58.3 Å². The molecule has 92 valence electrons. The van der Waals surface area contributed by atoms with Crippen molar-refractivity contribution in [3.63, 3.8) is 0 Å². The van der Waals surface area contributed by atoms with Gasteiger partial charge in [0.15, 0.2) is 0 Å². The summed E-state index contributed by atoms with van der Waals surface area (Å²) in [6.07, 6.45) is 15.0. The van der Waals surface area contributed by atoms with E-state index in [1.54, 1.807) is 0 Å². The zero-order chi connectivity index (χ0) is 11.5. The van der Waals surface area contributed by atoms with Gasteiger partial charge in [-0.1, -0.05) is 31.9 Å². The first-order valence-electron chi connectivity index (χ1n) is 6.85. The molecule has 0 aromatic heterocycles. The molecule has 1 aliphatic rings. The van der Waals surface area contributed by atoms with Crippen molar-refractivity contribution in [2.24, 2.45) is 4.99 Å². The second-order valence-electron chi connectivity index (χ2n) is 4.47. The summed E-state index contributed by atoms with van der Waals surface area (Å²) in [6.45, 7) is 4.28. The molecule has 0 amide bonds. The van der Waals surface area contributed by atoms with Crippen molar-refractivity contribution in [3.05, 3.63) is 12.2 Å². The molecule has 0 aliphatic carbocycles. The standard InChI is InChI=1S/C14H26N2/c1-2-3-4-5-6-7-8-9-10-11-14-15-12-13-16-14/h6-7H,2-5,8-13H2,1H3,(H,15,16)/b7-6+. The summed E-state index contributed by atoms with van der Waals surface area (Å²) >= 11 is 0. The normalized spacial score (nSPS) is 15.4. The lowest BCUT2D eigenvalue weighted by Gasteiger charge is -2.00. The zero-order valence-electron chi connectivity index (χ0n) is 10.7. The van der Waals surface area contributed by atoms with E-state index in [1.165, 1.54) is 50.8 Å². The molecule has 1 rings (SSSR count). The van der Waals surface area contributed by atoms with Crippen molar-refractivity contribution in [3.8, 4) is 0 Å². The molecule has 1 aliphatic heterocycles. The van der Waals surface area contributed by atoms with E-state index < -0.39 is 0 Å². The maximum absolute atomic E-state index is 4.39. The molecule has 0 unspecified atom stereocenters. The van der Waals surface area contributed by atoms with E-state index >= 15 is 0 Å². The van der Waals surface area contributed by atoms with Crippen LogP contribution in [0.5, 0.6) is 0 Å². The van der Waals surface area contributed by atoms with Gasteiger partial charge in [0.05, 0.1) is 12.4 Å². The van der Waals surface area contributed by atoms with Crippen molar-refractivity contribution < 1.29 is 0 Å². The monoisotopic (exact) mass is 222 g/mol. The molecule has 1 N–H and O–H groups in total. The molecule has 0 aromatic carbocycles. The molecule has 0 fully saturated rings. The molecule has 0 atom stereocenters. The average Bonchev–Trinajstić information content (AvgIpc) is 2.80. The lowest BCUT2D eigenvalue weighted by molar-refractivity contribution is 0.724. The van der Waals surface area contributed by atoms with Gasteiger partial charge < -0.3 is 5.32 Å². The summed E-state index contributed by atoms with van der Waals surface area (Å²) in [6, 6.07) is 0. The van der Waals surface area contributed by atoms with Crippen LogP contribution in [-0.4, -0.2) is 18.9 Å². The summed E-state index contributed by atoms with van der Waals surface area (Å²) in [5, 5.41) is 3.31. The Kier molecular flexibility index (Phi) is 7.83. The van der Waals surface area contributed by atoms with Gasteiger partial charge in [-0.15, -0.1) is 0 Å². The molecule has 0 bridgehead atoms. The first kappa shape index (κ1) is 13.3. The number of nitrogens with one attached hydrogen (secondary N) is 1. The van der Waals surface area contributed by atoms with E-state index in [1.807, 2.05) is 0 Å². The molecule has 0 spiro atoms. The SMILES string of the molecule is CCCCC/C=C/CCCCC1=NCCN1. The number of unbranched alkanes of at least 4 members (excludes halogenated alkanes) is 5. The van der Waals surface area contributed by atoms with Gasteiger partial charge in [0.1, 0.15) is 0 Å². The first-order chi connectivity index (χ1) is 7.93. The molecular weight excluding hydrogens is 196 g/mol. The molecule has 0 radical (unpaired) electrons. The van der Waals surface area contributed by atoms with Gasteiger partial charge in [0.2, 0.25) is 0 Å². The maximum Gasteiger partial charge on any atom is 0.0964 e. The van der Waals surface area contributed by atoms with Gasteiger partial charge in [0, 0.05) is 13.0 Å². The summed E-state index contributed by atoms with van der Waals surface area (Å²) in [5.41, 5.74) is 0. The van der Waals surface area contributed by atoms with Crippen molar-refractivity contribution >= 4 is 5.84 Å². The Bertz CT molecular complexity index is 219. The fraction of sp³-hybridized carbons (Fsp3) is 0.786. The van der Waals surface area contributed by atoms with Gasteiger partial charge >= 0.3 is 0 Å². The van der Waals surface area contributed by atoms with Gasteiger partial charge in [-0.3, -0.25) is 4.99 Å². The highest BCUT2D eigenvalue weighted by Crippen LogP contribution is 2.05. The third kappa shape index (κ3) is 6.65. The van der Waals surface area contributed by atoms with Gasteiger partial charge in [-0.25, -0.2) is 0 Å². The number of nitrogens with zero attached hydrogens (tertiary/aromatic N) is 1. The predicted octanol–water partition coefficient (Wildman–Crippen LogP) is 3.69. The van der Waals surface area contributed by atoms with Crippen molar-refractivity contribution in [1.82, 2.24) is 5.32 Å². The molecule has 2 nitrogen and oxygen atoms in total. The number of aliphatic imine (C=N–C) groups is 1. The van der Waals surface area contributed by atoms with Gasteiger partial charge in [-0.2, -0.15) is 0 Å². The van der Waals surface area contributed by atoms with Crippen LogP contribution in [0.25, 0.3) is 0 Å². The highest BCUT2D eigenvalue weighted by molar-refractivity contribution is 5.83. The van der Waals surface area contributed by atoms with E-state index in [0.717, 1.165) is 19.5 Å². The van der Waals surface area contributed by atoms with Crippen LogP contribution in [0.2, 0.25) is 0 Å². The summed E-state index contributed by atoms with van der Waals surface area (Å²) < 4.78 is 0. The smallest absolute Gasteiger partial charge is 0.0964 e. The minimum atomic E-state index is 0.979. The van der Waals surface area contributed by atoms with Crippen LogP contribution < -0.4 is 5.32 Å². The number of hydrogen-bond acceptors (Lipinski definition) is 2. The van der Waals surface area contributed by atoms with Crippen molar-refractivity contribution in [1.29, 1.82) is 0 Å². The van der Waals surface area contributed by atoms with Crippen LogP contribution >= 0.6 is 0 Å². The van der Waals surface area contributed by atoms with Crippen LogP contribution in [-0.2, 0) is 0 Å². The van der Waals surface area contributed by atoms with Crippen LogP contribution in [0.15, 0.2) is 17.1 Å². The van der Waals surface area contributed by atoms with Crippen molar-refractivity contribution in [2.45, 2.75) is 58.3 Å². The Morgan fingerprint density at radius 1 is 1.12 bits per heavy atom. The van der Waals surface area contributed by atoms with Gasteiger partial charge in [-0.05, 0) is 32.1 Å². The number of hydrogen-bond donors (Lipinski definition) is 1. The quantitative estimate of drug-likeness (QED) is 0.467. The molecule has 0 saturated heterocycles. The molecule has 0 saturated carbocycles. The van der Waals surface area contributed by atoms with E-state index in [0.29, 0.717) is 0 Å². The van der Waals surface area contributed by atoms with Crippen LogP contribution in [0, 0.1) is 0 Å². The molecule has 1 heterocycles. The highest BCUT2D eigenvalue weighted by atomic mass is 15.1. The number of amidine groups is 1. The molecule has 2 heteroatoms. The summed E-state index contributed by atoms with van der Waals surface area (Å²) in [4.78, 5) is 4.39. The number of rotatable bonds is 9. The maximum atomic E-state index is 4.39. The minimum Gasteiger partial charge on any atom is -0.372 e. The Hall–Kier alpha value is -0.790. The first-order valence-corrected chi connectivity index (χ1v) is 6.85. The van der Waals surface area contributed by atoms with Gasteiger partial charge in [0.25, 0.3) is 0 Å². The fourth-order valence-electron chi connectivity index (χ4n) is 1.92. The summed E-state index contributed by atoms with van der Waals surface area (Å²) in [5.74, 6) is 1.23. The fourth-order valence-corrected chi connectivity index (χ4v) is 1.92. The van der Waals surface area contributed by atoms with E-state index in [-0.39, 0.29) is 0 Å². The molecule has 0 aromatic rings. The average molecular weight is 222 g/mol. The van der Waals surface area contributed by atoms with Crippen molar-refractivity contribution in [2.75, 3.05) is 13.1 Å². The minimum absolute atomic E-state index is 0.979. The number of allylic oxidation sites excluding steroid dienone is 2. The molecule has 16 heavy (non-hydrogen) atoms. The zero-order valence-corrected chi connectivity index (χ0v) is 10.7. The third-order valence-electron chi connectivity index (χ3n) is 2.92. The van der Waals surface area contributed by atoms with Crippen LogP contribution in [0.4, 0.5) is 0 Å². The Labute approximate surface area is 100 Å². The summed E-state index contributed by atoms with van der Waals surface area (Å²) in [7, 11) is 0. The lowest BCUT2D eigenvalue weighted by Crippen LogP contribution is -2.17. The largest absolute Gasteiger partial charge is 0.372 e. The predicted molar refractivity (Wildman–Crippen MR) is 72.1 cm³/mol. The van der Waals surface area contributed by atoms with Crippen LogP contribution in [0.3, 0.4) is 0 Å². The van der Waals surface area contributed by atoms with E-state index in [9.17, 15) is 0 Å². The highest BCUT2D eigenvalue weighted by Gasteiger charge is 2.02. The Morgan fingerprint density at radius 2 is 1.88 bits per heavy atom. The topological polar surface area (TPSA) is 24.4 Å².